The highest BCUT2D eigenvalue weighted by Crippen LogP contribution is 2.32. The smallest absolute Gasteiger partial charge is 0.417 e. The van der Waals surface area contributed by atoms with Crippen molar-refractivity contribution in [2.45, 2.75) is 6.18 Å². The van der Waals surface area contributed by atoms with Gasteiger partial charge in [0.15, 0.2) is 6.79 Å². The molecule has 26 heavy (non-hydrogen) atoms. The molecule has 138 valence electrons. The third-order valence-corrected chi connectivity index (χ3v) is 3.01. The van der Waals surface area contributed by atoms with E-state index in [1.165, 1.54) is 25.3 Å². The Morgan fingerprint density at radius 3 is 2.62 bits per heavy atom. The number of carboxylic acid groups (broad SMARTS) is 1. The largest absolute Gasteiger partial charge is 0.478 e. The Hall–Kier alpha value is -3.07. The van der Waals surface area contributed by atoms with Gasteiger partial charge in [0.1, 0.15) is 11.5 Å². The van der Waals surface area contributed by atoms with Crippen molar-refractivity contribution in [2.75, 3.05) is 13.9 Å². The minimum atomic E-state index is -4.51. The minimum absolute atomic E-state index is 0.0255. The number of pyridine rings is 1. The minimum Gasteiger partial charge on any atom is -0.478 e. The highest BCUT2D eigenvalue weighted by molar-refractivity contribution is 5.86. The van der Waals surface area contributed by atoms with Crippen LogP contribution in [0.5, 0.6) is 17.4 Å². The van der Waals surface area contributed by atoms with Gasteiger partial charge >= 0.3 is 12.1 Å². The molecular formula is C17H14F3NO5. The van der Waals surface area contributed by atoms with Gasteiger partial charge in [-0.3, -0.25) is 0 Å². The highest BCUT2D eigenvalue weighted by atomic mass is 19.4. The van der Waals surface area contributed by atoms with Crippen molar-refractivity contribution in [3.05, 3.63) is 53.7 Å². The van der Waals surface area contributed by atoms with Crippen LogP contribution in [0.1, 0.15) is 11.1 Å². The third-order valence-electron chi connectivity index (χ3n) is 3.01. The number of rotatable bonds is 7. The fourth-order valence-corrected chi connectivity index (χ4v) is 1.84. The number of nitrogens with zero attached hydrogens (tertiary/aromatic N) is 1. The lowest BCUT2D eigenvalue weighted by molar-refractivity contribution is -0.138. The maximum absolute atomic E-state index is 12.6. The summed E-state index contributed by atoms with van der Waals surface area (Å²) in [5.74, 6) is -0.736. The molecule has 9 heteroatoms. The Kier molecular flexibility index (Phi) is 6.18. The number of methoxy groups -OCH3 is 1. The fraction of sp³-hybridized carbons (Fsp3) is 0.176. The molecule has 1 N–H and O–H groups in total. The summed E-state index contributed by atoms with van der Waals surface area (Å²) in [4.78, 5) is 14.3. The van der Waals surface area contributed by atoms with Crippen LogP contribution in [0.4, 0.5) is 13.2 Å². The van der Waals surface area contributed by atoms with Gasteiger partial charge in [0, 0.05) is 37.1 Å². The number of benzene rings is 1. The molecule has 0 saturated heterocycles. The zero-order valence-electron chi connectivity index (χ0n) is 13.5. The molecule has 0 bridgehead atoms. The molecule has 0 aliphatic rings. The Balaban J connectivity index is 2.30. The lowest BCUT2D eigenvalue weighted by Gasteiger charge is -2.12. The van der Waals surface area contributed by atoms with Gasteiger partial charge in [-0.2, -0.15) is 13.2 Å². The van der Waals surface area contributed by atoms with E-state index in [0.717, 1.165) is 18.2 Å². The molecule has 0 fully saturated rings. The average molecular weight is 369 g/mol. The number of hydrogen-bond acceptors (Lipinski definition) is 5. The molecule has 6 nitrogen and oxygen atoms in total. The van der Waals surface area contributed by atoms with Crippen LogP contribution in [-0.4, -0.2) is 30.0 Å². The summed E-state index contributed by atoms with van der Waals surface area (Å²) in [5.41, 5.74) is -0.535. The van der Waals surface area contributed by atoms with Crippen molar-refractivity contribution in [1.82, 2.24) is 4.98 Å². The summed E-state index contributed by atoms with van der Waals surface area (Å²) in [6, 6.07) is 6.44. The number of ether oxygens (including phenoxy) is 3. The third kappa shape index (κ3) is 5.49. The van der Waals surface area contributed by atoms with Crippen molar-refractivity contribution in [1.29, 1.82) is 0 Å². The Morgan fingerprint density at radius 2 is 2.04 bits per heavy atom. The molecule has 0 saturated carbocycles. The molecule has 1 aromatic carbocycles. The van der Waals surface area contributed by atoms with E-state index in [0.29, 0.717) is 17.5 Å². The molecule has 1 heterocycles. The van der Waals surface area contributed by atoms with Gasteiger partial charge in [-0.15, -0.1) is 0 Å². The maximum atomic E-state index is 12.6. The van der Waals surface area contributed by atoms with E-state index in [-0.39, 0.29) is 18.4 Å². The molecule has 2 rings (SSSR count). The van der Waals surface area contributed by atoms with Crippen LogP contribution in [0, 0.1) is 0 Å². The molecule has 0 amide bonds. The fourth-order valence-electron chi connectivity index (χ4n) is 1.84. The average Bonchev–Trinajstić information content (AvgIpc) is 2.58. The first-order valence-electron chi connectivity index (χ1n) is 7.17. The van der Waals surface area contributed by atoms with Gasteiger partial charge in [0.25, 0.3) is 0 Å². The second kappa shape index (κ2) is 8.34. The SMILES string of the molecule is COCOc1ccc(/C=C/C(=O)O)c(Oc2ccc(C(F)(F)F)cn2)c1. The second-order valence-corrected chi connectivity index (χ2v) is 4.91. The lowest BCUT2D eigenvalue weighted by Crippen LogP contribution is -2.05. The van der Waals surface area contributed by atoms with Crippen LogP contribution in [0.25, 0.3) is 6.08 Å². The number of carbonyl (C=O) groups is 1. The van der Waals surface area contributed by atoms with E-state index in [1.807, 2.05) is 0 Å². The summed E-state index contributed by atoms with van der Waals surface area (Å²) >= 11 is 0. The van der Waals surface area contributed by atoms with Gasteiger partial charge in [0.05, 0.1) is 5.56 Å². The van der Waals surface area contributed by atoms with Crippen LogP contribution in [0.15, 0.2) is 42.6 Å². The van der Waals surface area contributed by atoms with E-state index >= 15 is 0 Å². The van der Waals surface area contributed by atoms with Crippen molar-refractivity contribution >= 4 is 12.0 Å². The van der Waals surface area contributed by atoms with Gasteiger partial charge in [-0.25, -0.2) is 9.78 Å². The lowest BCUT2D eigenvalue weighted by atomic mass is 10.1. The van der Waals surface area contributed by atoms with E-state index in [1.54, 1.807) is 6.07 Å². The molecule has 0 spiro atoms. The van der Waals surface area contributed by atoms with E-state index in [2.05, 4.69) is 4.98 Å². The maximum Gasteiger partial charge on any atom is 0.417 e. The molecular weight excluding hydrogens is 355 g/mol. The predicted molar refractivity (Wildman–Crippen MR) is 84.9 cm³/mol. The van der Waals surface area contributed by atoms with Crippen LogP contribution in [0.2, 0.25) is 0 Å². The van der Waals surface area contributed by atoms with E-state index in [4.69, 9.17) is 19.3 Å². The first kappa shape index (κ1) is 19.3. The molecule has 0 unspecified atom stereocenters. The van der Waals surface area contributed by atoms with Crippen LogP contribution in [-0.2, 0) is 15.7 Å². The standard InChI is InChI=1S/C17H14F3NO5/c1-24-10-25-13-5-2-11(3-7-16(22)23)14(8-13)26-15-6-4-12(9-21-15)17(18,19)20/h2-9H,10H2,1H3,(H,22,23)/b7-3+. The number of aromatic nitrogens is 1. The molecule has 2 aromatic rings. The van der Waals surface area contributed by atoms with E-state index in [9.17, 15) is 18.0 Å². The summed E-state index contributed by atoms with van der Waals surface area (Å²) in [6.07, 6.45) is -1.68. The number of aliphatic carboxylic acids is 1. The zero-order valence-corrected chi connectivity index (χ0v) is 13.5. The van der Waals surface area contributed by atoms with Crippen molar-refractivity contribution < 1.29 is 37.3 Å². The first-order chi connectivity index (χ1) is 12.3. The summed E-state index contributed by atoms with van der Waals surface area (Å²) in [5, 5.41) is 8.75. The number of alkyl halides is 3. The van der Waals surface area contributed by atoms with Crippen LogP contribution in [0.3, 0.4) is 0 Å². The molecule has 0 radical (unpaired) electrons. The summed E-state index contributed by atoms with van der Waals surface area (Å²) in [6.45, 7) is -0.0255. The molecule has 0 atom stereocenters. The molecule has 0 aliphatic carbocycles. The topological polar surface area (TPSA) is 77.9 Å². The van der Waals surface area contributed by atoms with Crippen LogP contribution >= 0.6 is 0 Å². The zero-order chi connectivity index (χ0) is 19.2. The van der Waals surface area contributed by atoms with Crippen molar-refractivity contribution in [3.63, 3.8) is 0 Å². The normalized spacial score (nSPS) is 11.5. The monoisotopic (exact) mass is 369 g/mol. The Bertz CT molecular complexity index is 788. The Labute approximate surface area is 146 Å². The van der Waals surface area contributed by atoms with Crippen molar-refractivity contribution in [3.8, 4) is 17.4 Å². The summed E-state index contributed by atoms with van der Waals surface area (Å²) < 4.78 is 53.3. The van der Waals surface area contributed by atoms with Gasteiger partial charge in [-0.1, -0.05) is 0 Å². The van der Waals surface area contributed by atoms with Crippen molar-refractivity contribution in [2.24, 2.45) is 0 Å². The number of hydrogen-bond donors (Lipinski definition) is 1. The van der Waals surface area contributed by atoms with E-state index < -0.39 is 17.7 Å². The van der Waals surface area contributed by atoms with Gasteiger partial charge in [-0.05, 0) is 24.3 Å². The first-order valence-corrected chi connectivity index (χ1v) is 7.17. The van der Waals surface area contributed by atoms with Crippen LogP contribution < -0.4 is 9.47 Å². The summed E-state index contributed by atoms with van der Waals surface area (Å²) in [7, 11) is 1.44. The quantitative estimate of drug-likeness (QED) is 0.588. The Morgan fingerprint density at radius 1 is 1.27 bits per heavy atom. The predicted octanol–water partition coefficient (Wildman–Crippen LogP) is 3.97. The highest BCUT2D eigenvalue weighted by Gasteiger charge is 2.30. The number of carboxylic acids is 1. The second-order valence-electron chi connectivity index (χ2n) is 4.91. The molecule has 1 aromatic heterocycles. The number of halogens is 3. The van der Waals surface area contributed by atoms with Gasteiger partial charge < -0.3 is 19.3 Å². The van der Waals surface area contributed by atoms with Gasteiger partial charge in [0.2, 0.25) is 5.88 Å². The molecule has 0 aliphatic heterocycles.